The van der Waals surface area contributed by atoms with E-state index in [1.807, 2.05) is 0 Å². The maximum Gasteiger partial charge on any atom is 0.232 e. The second-order valence-electron chi connectivity index (χ2n) is 5.13. The zero-order chi connectivity index (χ0) is 11.2. The van der Waals surface area contributed by atoms with E-state index in [4.69, 9.17) is 4.52 Å². The van der Waals surface area contributed by atoms with Gasteiger partial charge in [-0.05, 0) is 32.4 Å². The molecule has 0 amide bonds. The quantitative estimate of drug-likeness (QED) is 0.829. The van der Waals surface area contributed by atoms with Crippen LogP contribution in [0, 0.1) is 0 Å². The predicted octanol–water partition coefficient (Wildman–Crippen LogP) is 1.54. The van der Waals surface area contributed by atoms with Gasteiger partial charge >= 0.3 is 0 Å². The van der Waals surface area contributed by atoms with Crippen LogP contribution in [0.3, 0.4) is 0 Å². The SMILES string of the molecule is CC1(c2noc([C@H]3C[C@@H]3F)n2)CCNCC1. The van der Waals surface area contributed by atoms with Crippen LogP contribution < -0.4 is 5.32 Å². The molecule has 1 aliphatic carbocycles. The first kappa shape index (κ1) is 10.2. The molecule has 0 bridgehead atoms. The van der Waals surface area contributed by atoms with Crippen molar-refractivity contribution in [1.29, 1.82) is 0 Å². The van der Waals surface area contributed by atoms with Gasteiger partial charge in [0.25, 0.3) is 0 Å². The monoisotopic (exact) mass is 225 g/mol. The van der Waals surface area contributed by atoms with Gasteiger partial charge < -0.3 is 9.84 Å². The molecular weight excluding hydrogens is 209 g/mol. The molecule has 1 saturated carbocycles. The molecule has 16 heavy (non-hydrogen) atoms. The highest BCUT2D eigenvalue weighted by Crippen LogP contribution is 2.43. The molecule has 1 aromatic rings. The summed E-state index contributed by atoms with van der Waals surface area (Å²) in [7, 11) is 0. The molecule has 1 aromatic heterocycles. The average Bonchev–Trinajstić information content (AvgIpc) is 2.82. The highest BCUT2D eigenvalue weighted by Gasteiger charge is 2.44. The maximum atomic E-state index is 12.9. The first-order valence-electron chi connectivity index (χ1n) is 5.88. The van der Waals surface area contributed by atoms with Crippen molar-refractivity contribution in [2.45, 2.75) is 43.7 Å². The van der Waals surface area contributed by atoms with Crippen LogP contribution in [0.2, 0.25) is 0 Å². The molecule has 0 spiro atoms. The van der Waals surface area contributed by atoms with Gasteiger partial charge in [0.1, 0.15) is 6.17 Å². The number of hydrogen-bond acceptors (Lipinski definition) is 4. The molecular formula is C11H16FN3O. The van der Waals surface area contributed by atoms with Gasteiger partial charge in [0.15, 0.2) is 5.82 Å². The Balaban J connectivity index is 1.80. The van der Waals surface area contributed by atoms with Crippen molar-refractivity contribution in [3.8, 4) is 0 Å². The van der Waals surface area contributed by atoms with Crippen LogP contribution >= 0.6 is 0 Å². The van der Waals surface area contributed by atoms with Crippen LogP contribution in [0.1, 0.15) is 43.8 Å². The predicted molar refractivity (Wildman–Crippen MR) is 56.0 cm³/mol. The molecule has 1 N–H and O–H groups in total. The number of alkyl halides is 1. The Morgan fingerprint density at radius 3 is 2.75 bits per heavy atom. The van der Waals surface area contributed by atoms with Gasteiger partial charge in [-0.1, -0.05) is 12.1 Å². The molecule has 5 heteroatoms. The van der Waals surface area contributed by atoms with Crippen molar-refractivity contribution >= 4 is 0 Å². The minimum absolute atomic E-state index is 0.00625. The lowest BCUT2D eigenvalue weighted by atomic mass is 9.80. The fourth-order valence-electron chi connectivity index (χ4n) is 2.25. The molecule has 2 atom stereocenters. The fraction of sp³-hybridized carbons (Fsp3) is 0.818. The van der Waals surface area contributed by atoms with Crippen molar-refractivity contribution in [3.63, 3.8) is 0 Å². The number of piperidine rings is 1. The molecule has 2 aliphatic rings. The van der Waals surface area contributed by atoms with Gasteiger partial charge in [-0.2, -0.15) is 4.98 Å². The first-order chi connectivity index (χ1) is 7.69. The number of rotatable bonds is 2. The van der Waals surface area contributed by atoms with Gasteiger partial charge in [0, 0.05) is 5.41 Å². The molecule has 1 saturated heterocycles. The molecule has 0 unspecified atom stereocenters. The lowest BCUT2D eigenvalue weighted by Crippen LogP contribution is -2.38. The highest BCUT2D eigenvalue weighted by molar-refractivity contribution is 5.13. The summed E-state index contributed by atoms with van der Waals surface area (Å²) in [5, 5.41) is 7.34. The van der Waals surface area contributed by atoms with E-state index in [-0.39, 0.29) is 11.3 Å². The zero-order valence-corrected chi connectivity index (χ0v) is 9.37. The Kier molecular flexibility index (Phi) is 2.24. The Labute approximate surface area is 93.6 Å². The summed E-state index contributed by atoms with van der Waals surface area (Å²) in [4.78, 5) is 4.37. The molecule has 88 valence electrons. The molecule has 0 aromatic carbocycles. The van der Waals surface area contributed by atoms with Crippen molar-refractivity contribution < 1.29 is 8.91 Å². The first-order valence-corrected chi connectivity index (χ1v) is 5.88. The number of nitrogens with one attached hydrogen (secondary N) is 1. The Morgan fingerprint density at radius 1 is 1.44 bits per heavy atom. The third-order valence-corrected chi connectivity index (χ3v) is 3.72. The average molecular weight is 225 g/mol. The number of nitrogens with zero attached hydrogens (tertiary/aromatic N) is 2. The van der Waals surface area contributed by atoms with Crippen molar-refractivity contribution in [2.24, 2.45) is 0 Å². The van der Waals surface area contributed by atoms with E-state index in [1.54, 1.807) is 0 Å². The number of hydrogen-bond donors (Lipinski definition) is 1. The third-order valence-electron chi connectivity index (χ3n) is 3.72. The van der Waals surface area contributed by atoms with Crippen LogP contribution in [0.15, 0.2) is 4.52 Å². The normalized spacial score (nSPS) is 32.6. The second kappa shape index (κ2) is 3.52. The van der Waals surface area contributed by atoms with Gasteiger partial charge in [-0.15, -0.1) is 0 Å². The minimum atomic E-state index is -0.769. The second-order valence-corrected chi connectivity index (χ2v) is 5.13. The van der Waals surface area contributed by atoms with Crippen LogP contribution in [-0.2, 0) is 5.41 Å². The van der Waals surface area contributed by atoms with Crippen LogP contribution in [0.5, 0.6) is 0 Å². The summed E-state index contributed by atoms with van der Waals surface area (Å²) in [6.07, 6.45) is 1.79. The fourth-order valence-corrected chi connectivity index (χ4v) is 2.25. The lowest BCUT2D eigenvalue weighted by Gasteiger charge is -2.30. The topological polar surface area (TPSA) is 51.0 Å². The van der Waals surface area contributed by atoms with E-state index in [9.17, 15) is 4.39 Å². The summed E-state index contributed by atoms with van der Waals surface area (Å²) in [6, 6.07) is 0. The molecule has 4 nitrogen and oxygen atoms in total. The Bertz CT molecular complexity index is 386. The molecule has 3 rings (SSSR count). The van der Waals surface area contributed by atoms with Gasteiger partial charge in [0.05, 0.1) is 5.92 Å². The maximum absolute atomic E-state index is 12.9. The van der Waals surface area contributed by atoms with Crippen molar-refractivity contribution in [2.75, 3.05) is 13.1 Å². The summed E-state index contributed by atoms with van der Waals surface area (Å²) < 4.78 is 18.0. The Hall–Kier alpha value is -0.970. The van der Waals surface area contributed by atoms with Crippen molar-refractivity contribution in [3.05, 3.63) is 11.7 Å². The van der Waals surface area contributed by atoms with E-state index in [2.05, 4.69) is 22.4 Å². The Morgan fingerprint density at radius 2 is 2.12 bits per heavy atom. The number of aromatic nitrogens is 2. The van der Waals surface area contributed by atoms with E-state index in [0.29, 0.717) is 12.3 Å². The van der Waals surface area contributed by atoms with E-state index in [1.165, 1.54) is 0 Å². The van der Waals surface area contributed by atoms with Gasteiger partial charge in [-0.3, -0.25) is 0 Å². The summed E-state index contributed by atoms with van der Waals surface area (Å²) in [5.41, 5.74) is -0.00625. The summed E-state index contributed by atoms with van der Waals surface area (Å²) in [5.74, 6) is 1.11. The van der Waals surface area contributed by atoms with E-state index < -0.39 is 6.17 Å². The molecule has 1 aliphatic heterocycles. The van der Waals surface area contributed by atoms with Crippen LogP contribution in [0.4, 0.5) is 4.39 Å². The standard InChI is InChI=1S/C11H16FN3O/c1-11(2-4-13-5-3-11)10-14-9(16-15-10)7-6-8(7)12/h7-8,13H,2-6H2,1H3/t7-,8-/m0/s1. The molecule has 2 heterocycles. The van der Waals surface area contributed by atoms with Crippen molar-refractivity contribution in [1.82, 2.24) is 15.5 Å². The zero-order valence-electron chi connectivity index (χ0n) is 9.37. The van der Waals surface area contributed by atoms with E-state index in [0.717, 1.165) is 31.8 Å². The van der Waals surface area contributed by atoms with E-state index >= 15 is 0 Å². The number of halogens is 1. The van der Waals surface area contributed by atoms with Crippen LogP contribution in [-0.4, -0.2) is 29.4 Å². The van der Waals surface area contributed by atoms with Gasteiger partial charge in [0.2, 0.25) is 5.89 Å². The largest absolute Gasteiger partial charge is 0.339 e. The third kappa shape index (κ3) is 1.63. The summed E-state index contributed by atoms with van der Waals surface area (Å²) in [6.45, 7) is 4.12. The summed E-state index contributed by atoms with van der Waals surface area (Å²) >= 11 is 0. The van der Waals surface area contributed by atoms with Gasteiger partial charge in [-0.25, -0.2) is 4.39 Å². The highest BCUT2D eigenvalue weighted by atomic mass is 19.1. The van der Waals surface area contributed by atoms with Crippen LogP contribution in [0.25, 0.3) is 0 Å². The smallest absolute Gasteiger partial charge is 0.232 e. The minimum Gasteiger partial charge on any atom is -0.339 e. The molecule has 0 radical (unpaired) electrons. The molecule has 2 fully saturated rings. The lowest BCUT2D eigenvalue weighted by molar-refractivity contribution is 0.298.